The highest BCUT2D eigenvalue weighted by Crippen LogP contribution is 1.49. The van der Waals surface area contributed by atoms with Gasteiger partial charge in [-0.15, -0.1) is 0 Å². The molecule has 2 nitrogen and oxygen atoms in total. The molecule has 0 bridgehead atoms. The molecule has 0 fully saturated rings. The van der Waals surface area contributed by atoms with Crippen LogP contribution >= 0.6 is 0 Å². The van der Waals surface area contributed by atoms with E-state index >= 15 is 0 Å². The van der Waals surface area contributed by atoms with Gasteiger partial charge in [0.05, 0.1) is 7.85 Å². The van der Waals surface area contributed by atoms with Crippen molar-refractivity contribution in [1.29, 1.82) is 0 Å². The number of carboxylic acids is 1. The second-order valence-corrected chi connectivity index (χ2v) is 0.927. The summed E-state index contributed by atoms with van der Waals surface area (Å²) in [7, 11) is 4.85. The van der Waals surface area contributed by atoms with E-state index in [1.807, 2.05) is 6.92 Å². The second-order valence-electron chi connectivity index (χ2n) is 0.927. The van der Waals surface area contributed by atoms with Crippen LogP contribution in [0.5, 0.6) is 0 Å². The first-order valence-corrected chi connectivity index (χ1v) is 2.04. The van der Waals surface area contributed by atoms with E-state index in [9.17, 15) is 0 Å². The number of halogens is 3. The molecule has 0 aromatic carbocycles. The third kappa shape index (κ3) is 643. The highest BCUT2D eigenvalue weighted by atomic mass is 19.0. The van der Waals surface area contributed by atoms with Crippen LogP contribution in [0.25, 0.3) is 0 Å². The van der Waals surface area contributed by atoms with Crippen molar-refractivity contribution in [3.63, 3.8) is 0 Å². The maximum Gasteiger partial charge on any atom is 0.300 e. The van der Waals surface area contributed by atoms with Gasteiger partial charge in [-0.25, -0.2) is 0 Å². The van der Waals surface area contributed by atoms with E-state index < -0.39 is 5.97 Å². The minimum absolute atomic E-state index is 0. The lowest BCUT2D eigenvalue weighted by atomic mass is 10.1. The van der Waals surface area contributed by atoms with Crippen molar-refractivity contribution in [1.82, 2.24) is 0 Å². The standard InChI is InChI=1S/C2H5B.C2H4O2.3FH/c1-2-3;1-2(3)4;;;/h2H2,1H3;1H3,(H,3,4);3*1H. The molecule has 0 aliphatic heterocycles. The van der Waals surface area contributed by atoms with Crippen LogP contribution in [0.2, 0.25) is 6.32 Å². The van der Waals surface area contributed by atoms with Crippen molar-refractivity contribution >= 4 is 13.8 Å². The van der Waals surface area contributed by atoms with Gasteiger partial charge in [0.1, 0.15) is 0 Å². The van der Waals surface area contributed by atoms with E-state index in [4.69, 9.17) is 17.7 Å². The lowest BCUT2D eigenvalue weighted by Crippen LogP contribution is -1.78. The Kier molecular flexibility index (Phi) is 140. The molecule has 0 heterocycles. The minimum atomic E-state index is -0.833. The average molecular weight is 160 g/mol. The van der Waals surface area contributed by atoms with Gasteiger partial charge in [-0.2, -0.15) is 0 Å². The lowest BCUT2D eigenvalue weighted by Gasteiger charge is -1.59. The van der Waals surface area contributed by atoms with Crippen LogP contribution in [-0.2, 0) is 4.79 Å². The molecule has 0 aromatic rings. The van der Waals surface area contributed by atoms with Crippen molar-refractivity contribution in [3.05, 3.63) is 0 Å². The van der Waals surface area contributed by atoms with Crippen LogP contribution in [0.3, 0.4) is 0 Å². The number of hydrogen-bond donors (Lipinski definition) is 1. The molecule has 0 saturated heterocycles. The van der Waals surface area contributed by atoms with Crippen LogP contribution < -0.4 is 0 Å². The van der Waals surface area contributed by atoms with Gasteiger partial charge in [-0.1, -0.05) is 13.2 Å². The fourth-order valence-corrected chi connectivity index (χ4v) is 0. The molecule has 0 saturated carbocycles. The Morgan fingerprint density at radius 2 is 1.40 bits per heavy atom. The van der Waals surface area contributed by atoms with E-state index in [2.05, 4.69) is 0 Å². The Balaban J connectivity index is -0.0000000131. The Bertz CT molecular complexity index is 49.8. The van der Waals surface area contributed by atoms with Crippen LogP contribution in [0.1, 0.15) is 13.8 Å². The number of carboxylic acid groups (broad SMARTS) is 1. The molecule has 0 aromatic heterocycles. The van der Waals surface area contributed by atoms with Gasteiger partial charge in [-0.3, -0.25) is 18.9 Å². The van der Waals surface area contributed by atoms with Crippen molar-refractivity contribution < 1.29 is 24.0 Å². The maximum absolute atomic E-state index is 9.00. The molecular formula is C4H12BF3O2. The molecule has 0 aliphatic carbocycles. The molecule has 64 valence electrons. The SMILES string of the molecule is CC(=O)O.F.F.F.[B]CC. The van der Waals surface area contributed by atoms with Crippen molar-refractivity contribution in [2.45, 2.75) is 20.2 Å². The number of aliphatic carboxylic acids is 1. The Hall–Kier alpha value is -0.675. The van der Waals surface area contributed by atoms with Gasteiger partial charge in [-0.05, 0) is 0 Å². The molecule has 0 atom stereocenters. The van der Waals surface area contributed by atoms with Crippen LogP contribution in [0.15, 0.2) is 0 Å². The fraction of sp³-hybridized carbons (Fsp3) is 0.750. The zero-order valence-corrected chi connectivity index (χ0v) is 5.86. The van der Waals surface area contributed by atoms with Gasteiger partial charge in [0.2, 0.25) is 0 Å². The molecule has 0 spiro atoms. The van der Waals surface area contributed by atoms with Gasteiger partial charge in [0, 0.05) is 6.92 Å². The second kappa shape index (κ2) is 40.4. The summed E-state index contributed by atoms with van der Waals surface area (Å²) in [6.07, 6.45) is 0.750. The first-order valence-electron chi connectivity index (χ1n) is 2.04. The van der Waals surface area contributed by atoms with Crippen LogP contribution in [0, 0.1) is 0 Å². The molecule has 10 heavy (non-hydrogen) atoms. The van der Waals surface area contributed by atoms with Crippen LogP contribution in [0.4, 0.5) is 14.1 Å². The summed E-state index contributed by atoms with van der Waals surface area (Å²) in [5.41, 5.74) is 0. The van der Waals surface area contributed by atoms with Crippen LogP contribution in [-0.4, -0.2) is 18.9 Å². The monoisotopic (exact) mass is 160 g/mol. The topological polar surface area (TPSA) is 37.3 Å². The number of rotatable bonds is 0. The number of hydrogen-bond acceptors (Lipinski definition) is 1. The number of carbonyl (C=O) groups is 1. The van der Waals surface area contributed by atoms with E-state index in [1.54, 1.807) is 0 Å². The maximum atomic E-state index is 9.00. The van der Waals surface area contributed by atoms with Crippen molar-refractivity contribution in [2.24, 2.45) is 0 Å². The summed E-state index contributed by atoms with van der Waals surface area (Å²) >= 11 is 0. The average Bonchev–Trinajstić information content (AvgIpc) is 1.33. The van der Waals surface area contributed by atoms with Gasteiger partial charge in [0.15, 0.2) is 0 Å². The van der Waals surface area contributed by atoms with E-state index in [0.717, 1.165) is 13.2 Å². The quantitative estimate of drug-likeness (QED) is 0.539. The fourth-order valence-electron chi connectivity index (χ4n) is 0. The molecule has 0 unspecified atom stereocenters. The van der Waals surface area contributed by atoms with Gasteiger partial charge < -0.3 is 5.11 Å². The summed E-state index contributed by atoms with van der Waals surface area (Å²) < 4.78 is 0. The molecule has 2 radical (unpaired) electrons. The molecule has 0 amide bonds. The Labute approximate surface area is 59.1 Å². The predicted molar refractivity (Wildman–Crippen MR) is 37.1 cm³/mol. The minimum Gasteiger partial charge on any atom is -0.481 e. The normalized spacial score (nSPS) is 4.20. The van der Waals surface area contributed by atoms with E-state index in [0.29, 0.717) is 0 Å². The largest absolute Gasteiger partial charge is 0.481 e. The van der Waals surface area contributed by atoms with Crippen molar-refractivity contribution in [2.75, 3.05) is 0 Å². The summed E-state index contributed by atoms with van der Waals surface area (Å²) in [5, 5.41) is 7.42. The summed E-state index contributed by atoms with van der Waals surface area (Å²) in [6, 6.07) is 0. The Morgan fingerprint density at radius 3 is 1.40 bits per heavy atom. The van der Waals surface area contributed by atoms with E-state index in [1.165, 1.54) is 0 Å². The van der Waals surface area contributed by atoms with Crippen molar-refractivity contribution in [3.8, 4) is 0 Å². The first-order chi connectivity index (χ1) is 3.15. The first kappa shape index (κ1) is 34.6. The third-order valence-electron chi connectivity index (χ3n) is 0. The lowest BCUT2D eigenvalue weighted by molar-refractivity contribution is -0.134. The summed E-state index contributed by atoms with van der Waals surface area (Å²) in [5.74, 6) is -0.833. The molecule has 1 N–H and O–H groups in total. The summed E-state index contributed by atoms with van der Waals surface area (Å²) in [6.45, 7) is 2.99. The molecule has 6 heteroatoms. The van der Waals surface area contributed by atoms with Gasteiger partial charge >= 0.3 is 0 Å². The van der Waals surface area contributed by atoms with E-state index in [-0.39, 0.29) is 14.1 Å². The zero-order chi connectivity index (χ0) is 6.28. The zero-order valence-electron chi connectivity index (χ0n) is 5.86. The molecule has 0 rings (SSSR count). The smallest absolute Gasteiger partial charge is 0.300 e. The van der Waals surface area contributed by atoms with Gasteiger partial charge in [0.25, 0.3) is 5.97 Å². The predicted octanol–water partition coefficient (Wildman–Crippen LogP) is 1.14. The molecular weight excluding hydrogens is 148 g/mol. The Morgan fingerprint density at radius 1 is 1.40 bits per heavy atom. The highest BCUT2D eigenvalue weighted by Gasteiger charge is 1.65. The third-order valence-corrected chi connectivity index (χ3v) is 0. The highest BCUT2D eigenvalue weighted by molar-refractivity contribution is 6.08. The summed E-state index contributed by atoms with van der Waals surface area (Å²) in [4.78, 5) is 9.00. The molecule has 0 aliphatic rings.